The van der Waals surface area contributed by atoms with Crippen LogP contribution in [0.1, 0.15) is 50.5 Å². The van der Waals surface area contributed by atoms with E-state index in [1.165, 1.54) is 11.1 Å². The average molecular weight is 283 g/mol. The average Bonchev–Trinajstić information content (AvgIpc) is 2.40. The van der Waals surface area contributed by atoms with Crippen LogP contribution in [0.3, 0.4) is 0 Å². The maximum atomic E-state index is 6.10. The SMILES string of the molecule is Cc1cc(C(C)(C)C)ccc1OC(C)c1ccc(N)cc1. The van der Waals surface area contributed by atoms with E-state index in [9.17, 15) is 0 Å². The predicted molar refractivity (Wildman–Crippen MR) is 89.8 cm³/mol. The fraction of sp³-hybridized carbons (Fsp3) is 0.368. The summed E-state index contributed by atoms with van der Waals surface area (Å²) >= 11 is 0. The summed E-state index contributed by atoms with van der Waals surface area (Å²) in [5.74, 6) is 0.937. The second kappa shape index (κ2) is 5.80. The molecule has 0 fully saturated rings. The van der Waals surface area contributed by atoms with Crippen LogP contribution in [0, 0.1) is 6.92 Å². The molecule has 0 amide bonds. The lowest BCUT2D eigenvalue weighted by atomic mass is 9.86. The minimum absolute atomic E-state index is 0.00443. The fourth-order valence-corrected chi connectivity index (χ4v) is 2.27. The van der Waals surface area contributed by atoms with E-state index >= 15 is 0 Å². The highest BCUT2D eigenvalue weighted by molar-refractivity contribution is 5.41. The van der Waals surface area contributed by atoms with Crippen molar-refractivity contribution in [2.24, 2.45) is 0 Å². The van der Waals surface area contributed by atoms with E-state index in [1.54, 1.807) is 0 Å². The first-order valence-corrected chi connectivity index (χ1v) is 7.40. The largest absolute Gasteiger partial charge is 0.486 e. The molecule has 2 N–H and O–H groups in total. The molecule has 1 unspecified atom stereocenters. The summed E-state index contributed by atoms with van der Waals surface area (Å²) < 4.78 is 6.10. The standard InChI is InChI=1S/C19H25NO/c1-13-12-16(19(3,4)5)8-11-18(13)21-14(2)15-6-9-17(20)10-7-15/h6-12,14H,20H2,1-5H3. The Kier molecular flexibility index (Phi) is 4.26. The molecule has 0 aromatic heterocycles. The van der Waals surface area contributed by atoms with E-state index < -0.39 is 0 Å². The fourth-order valence-electron chi connectivity index (χ4n) is 2.27. The van der Waals surface area contributed by atoms with Gasteiger partial charge in [-0.05, 0) is 54.2 Å². The van der Waals surface area contributed by atoms with Gasteiger partial charge in [0, 0.05) is 5.69 Å². The van der Waals surface area contributed by atoms with Gasteiger partial charge in [-0.1, -0.05) is 45.0 Å². The molecule has 0 spiro atoms. The molecule has 2 rings (SSSR count). The predicted octanol–water partition coefficient (Wildman–Crippen LogP) is 5.01. The Balaban J connectivity index is 2.18. The van der Waals surface area contributed by atoms with Gasteiger partial charge >= 0.3 is 0 Å². The van der Waals surface area contributed by atoms with Crippen LogP contribution in [-0.2, 0) is 5.41 Å². The molecule has 112 valence electrons. The van der Waals surface area contributed by atoms with Crippen molar-refractivity contribution in [3.8, 4) is 5.75 Å². The first kappa shape index (κ1) is 15.4. The van der Waals surface area contributed by atoms with Gasteiger partial charge in [-0.2, -0.15) is 0 Å². The van der Waals surface area contributed by atoms with Crippen molar-refractivity contribution in [1.82, 2.24) is 0 Å². The maximum absolute atomic E-state index is 6.10. The van der Waals surface area contributed by atoms with Gasteiger partial charge in [0.1, 0.15) is 11.9 Å². The van der Waals surface area contributed by atoms with E-state index in [2.05, 4.69) is 52.8 Å². The number of hydrogen-bond acceptors (Lipinski definition) is 2. The molecule has 2 aromatic rings. The van der Waals surface area contributed by atoms with Crippen LogP contribution in [0.4, 0.5) is 5.69 Å². The molecule has 0 aliphatic rings. The number of aryl methyl sites for hydroxylation is 1. The second-order valence-corrected chi connectivity index (χ2v) is 6.66. The van der Waals surface area contributed by atoms with Crippen LogP contribution in [0.25, 0.3) is 0 Å². The molecule has 0 aliphatic carbocycles. The molecule has 21 heavy (non-hydrogen) atoms. The molecule has 0 heterocycles. The monoisotopic (exact) mass is 283 g/mol. The molecule has 1 atom stereocenters. The lowest BCUT2D eigenvalue weighted by Crippen LogP contribution is -2.11. The summed E-state index contributed by atoms with van der Waals surface area (Å²) in [7, 11) is 0. The molecule has 0 bridgehead atoms. The Morgan fingerprint density at radius 1 is 1.00 bits per heavy atom. The first-order chi connectivity index (χ1) is 9.77. The molecule has 2 heteroatoms. The lowest BCUT2D eigenvalue weighted by Gasteiger charge is -2.22. The molecule has 0 saturated heterocycles. The van der Waals surface area contributed by atoms with Gasteiger partial charge in [0.05, 0.1) is 0 Å². The third kappa shape index (κ3) is 3.78. The zero-order chi connectivity index (χ0) is 15.6. The van der Waals surface area contributed by atoms with Gasteiger partial charge in [-0.15, -0.1) is 0 Å². The van der Waals surface area contributed by atoms with Crippen LogP contribution in [0.15, 0.2) is 42.5 Å². The minimum Gasteiger partial charge on any atom is -0.486 e. The van der Waals surface area contributed by atoms with Gasteiger partial charge in [-0.25, -0.2) is 0 Å². The molecular weight excluding hydrogens is 258 g/mol. The van der Waals surface area contributed by atoms with Crippen molar-refractivity contribution < 1.29 is 4.74 Å². The molecular formula is C19H25NO. The summed E-state index contributed by atoms with van der Waals surface area (Å²) in [5, 5.41) is 0. The minimum atomic E-state index is 0.00443. The van der Waals surface area contributed by atoms with Gasteiger partial charge in [0.2, 0.25) is 0 Å². The quantitative estimate of drug-likeness (QED) is 0.803. The van der Waals surface area contributed by atoms with Gasteiger partial charge in [-0.3, -0.25) is 0 Å². The van der Waals surface area contributed by atoms with Crippen molar-refractivity contribution in [3.05, 3.63) is 59.2 Å². The van der Waals surface area contributed by atoms with Crippen LogP contribution < -0.4 is 10.5 Å². The summed E-state index contributed by atoms with van der Waals surface area (Å²) in [5.41, 5.74) is 10.3. The number of ether oxygens (including phenoxy) is 1. The van der Waals surface area contributed by atoms with Gasteiger partial charge < -0.3 is 10.5 Å². The van der Waals surface area contributed by atoms with Crippen LogP contribution in [-0.4, -0.2) is 0 Å². The van der Waals surface area contributed by atoms with Crippen molar-refractivity contribution >= 4 is 5.69 Å². The summed E-state index contributed by atoms with van der Waals surface area (Å²) in [6, 6.07) is 14.3. The second-order valence-electron chi connectivity index (χ2n) is 6.66. The van der Waals surface area contributed by atoms with Crippen molar-refractivity contribution in [1.29, 1.82) is 0 Å². The molecule has 2 nitrogen and oxygen atoms in total. The lowest BCUT2D eigenvalue weighted by molar-refractivity contribution is 0.225. The smallest absolute Gasteiger partial charge is 0.123 e. The maximum Gasteiger partial charge on any atom is 0.123 e. The van der Waals surface area contributed by atoms with Crippen LogP contribution >= 0.6 is 0 Å². The number of rotatable bonds is 3. The number of nitrogen functional groups attached to an aromatic ring is 1. The Morgan fingerprint density at radius 3 is 2.14 bits per heavy atom. The van der Waals surface area contributed by atoms with Crippen molar-refractivity contribution in [2.45, 2.75) is 46.1 Å². The third-order valence-corrected chi connectivity index (χ3v) is 3.75. The van der Waals surface area contributed by atoms with E-state index in [1.807, 2.05) is 24.3 Å². The van der Waals surface area contributed by atoms with Crippen molar-refractivity contribution in [2.75, 3.05) is 5.73 Å². The summed E-state index contributed by atoms with van der Waals surface area (Å²) in [6.45, 7) is 10.8. The number of benzene rings is 2. The van der Waals surface area contributed by atoms with E-state index in [4.69, 9.17) is 10.5 Å². The van der Waals surface area contributed by atoms with Crippen molar-refractivity contribution in [3.63, 3.8) is 0 Å². The number of anilines is 1. The third-order valence-electron chi connectivity index (χ3n) is 3.75. The van der Waals surface area contributed by atoms with E-state index in [0.717, 1.165) is 17.0 Å². The summed E-state index contributed by atoms with van der Waals surface area (Å²) in [4.78, 5) is 0. The number of hydrogen-bond donors (Lipinski definition) is 1. The van der Waals surface area contributed by atoms with Gasteiger partial charge in [0.25, 0.3) is 0 Å². The van der Waals surface area contributed by atoms with E-state index in [0.29, 0.717) is 0 Å². The van der Waals surface area contributed by atoms with Gasteiger partial charge in [0.15, 0.2) is 0 Å². The van der Waals surface area contributed by atoms with Crippen LogP contribution in [0.5, 0.6) is 5.75 Å². The zero-order valence-electron chi connectivity index (χ0n) is 13.6. The topological polar surface area (TPSA) is 35.2 Å². The Morgan fingerprint density at radius 2 is 1.62 bits per heavy atom. The van der Waals surface area contributed by atoms with E-state index in [-0.39, 0.29) is 11.5 Å². The molecule has 2 aromatic carbocycles. The molecule has 0 saturated carbocycles. The molecule has 0 aliphatic heterocycles. The first-order valence-electron chi connectivity index (χ1n) is 7.40. The molecule has 0 radical (unpaired) electrons. The Hall–Kier alpha value is -1.96. The normalized spacial score (nSPS) is 13.0. The zero-order valence-corrected chi connectivity index (χ0v) is 13.6. The number of nitrogens with two attached hydrogens (primary N) is 1. The highest BCUT2D eigenvalue weighted by atomic mass is 16.5. The summed E-state index contributed by atoms with van der Waals surface area (Å²) in [6.07, 6.45) is 0.00443. The van der Waals surface area contributed by atoms with Crippen LogP contribution in [0.2, 0.25) is 0 Å². The Labute approximate surface area is 127 Å². The Bertz CT molecular complexity index is 608. The highest BCUT2D eigenvalue weighted by Crippen LogP contribution is 2.30. The highest BCUT2D eigenvalue weighted by Gasteiger charge is 2.16.